The molecule has 0 aromatic carbocycles. The highest BCUT2D eigenvalue weighted by atomic mass is 32.2. The maximum atomic E-state index is 11.9. The minimum atomic E-state index is -3.23. The Balaban J connectivity index is 2.28. The van der Waals surface area contributed by atoms with Crippen LogP contribution in [-0.4, -0.2) is 39.4 Å². The average Bonchev–Trinajstić information content (AvgIpc) is 2.49. The molecule has 6 nitrogen and oxygen atoms in total. The lowest BCUT2D eigenvalue weighted by Gasteiger charge is -2.08. The molecule has 21 heavy (non-hydrogen) atoms. The number of pyridine rings is 1. The number of aromatic nitrogens is 1. The Morgan fingerprint density at radius 1 is 1.29 bits per heavy atom. The number of sulfonamides is 1. The molecule has 0 bridgehead atoms. The number of ether oxygens (including phenoxy) is 1. The molecule has 0 unspecified atom stereocenters. The fourth-order valence-electron chi connectivity index (χ4n) is 1.78. The van der Waals surface area contributed by atoms with E-state index in [1.165, 1.54) is 7.11 Å². The van der Waals surface area contributed by atoms with Crippen molar-refractivity contribution in [3.63, 3.8) is 0 Å². The number of hydrogen-bond acceptors (Lipinski definition) is 5. The smallest absolute Gasteiger partial charge is 0.213 e. The van der Waals surface area contributed by atoms with E-state index in [-0.39, 0.29) is 12.3 Å². The van der Waals surface area contributed by atoms with E-state index >= 15 is 0 Å². The van der Waals surface area contributed by atoms with E-state index in [4.69, 9.17) is 4.74 Å². The highest BCUT2D eigenvalue weighted by Crippen LogP contribution is 2.08. The van der Waals surface area contributed by atoms with Gasteiger partial charge in [-0.2, -0.15) is 0 Å². The highest BCUT2D eigenvalue weighted by molar-refractivity contribution is 7.89. The monoisotopic (exact) mass is 315 g/mol. The minimum Gasteiger partial charge on any atom is -0.481 e. The predicted octanol–water partition coefficient (Wildman–Crippen LogP) is 1.29. The van der Waals surface area contributed by atoms with Crippen LogP contribution in [0.25, 0.3) is 0 Å². The molecule has 0 spiro atoms. The third-order valence-corrected chi connectivity index (χ3v) is 4.36. The van der Waals surface area contributed by atoms with E-state index in [0.717, 1.165) is 31.5 Å². The van der Waals surface area contributed by atoms with Gasteiger partial charge in [0.25, 0.3) is 0 Å². The Kier molecular flexibility index (Phi) is 8.26. The van der Waals surface area contributed by atoms with Crippen molar-refractivity contribution in [1.82, 2.24) is 15.0 Å². The lowest BCUT2D eigenvalue weighted by atomic mass is 10.3. The van der Waals surface area contributed by atoms with E-state index in [9.17, 15) is 8.42 Å². The van der Waals surface area contributed by atoms with Crippen molar-refractivity contribution in [2.24, 2.45) is 0 Å². The van der Waals surface area contributed by atoms with Gasteiger partial charge in [0.1, 0.15) is 0 Å². The molecule has 0 saturated heterocycles. The zero-order valence-electron chi connectivity index (χ0n) is 12.8. The van der Waals surface area contributed by atoms with E-state index in [2.05, 4.69) is 21.9 Å². The average molecular weight is 315 g/mol. The van der Waals surface area contributed by atoms with Gasteiger partial charge in [-0.1, -0.05) is 6.92 Å². The van der Waals surface area contributed by atoms with Crippen molar-refractivity contribution < 1.29 is 13.2 Å². The molecule has 0 atom stereocenters. The van der Waals surface area contributed by atoms with Crippen molar-refractivity contribution in [3.8, 4) is 5.88 Å². The van der Waals surface area contributed by atoms with Crippen molar-refractivity contribution >= 4 is 10.0 Å². The fourth-order valence-corrected chi connectivity index (χ4v) is 2.90. The molecule has 7 heteroatoms. The van der Waals surface area contributed by atoms with Gasteiger partial charge < -0.3 is 10.1 Å². The molecular weight excluding hydrogens is 290 g/mol. The van der Waals surface area contributed by atoms with Crippen LogP contribution in [0.5, 0.6) is 5.88 Å². The third-order valence-electron chi connectivity index (χ3n) is 2.95. The van der Waals surface area contributed by atoms with Crippen molar-refractivity contribution in [2.45, 2.75) is 32.7 Å². The van der Waals surface area contributed by atoms with Gasteiger partial charge in [-0.25, -0.2) is 18.1 Å². The summed E-state index contributed by atoms with van der Waals surface area (Å²) in [6.07, 6.45) is 4.22. The van der Waals surface area contributed by atoms with Gasteiger partial charge in [0, 0.05) is 18.8 Å². The first-order chi connectivity index (χ1) is 10.1. The first kappa shape index (κ1) is 17.9. The van der Waals surface area contributed by atoms with Crippen LogP contribution in [0.1, 0.15) is 31.7 Å². The van der Waals surface area contributed by atoms with Gasteiger partial charge in [-0.3, -0.25) is 0 Å². The molecule has 0 saturated carbocycles. The molecule has 2 N–H and O–H groups in total. The van der Waals surface area contributed by atoms with Gasteiger partial charge >= 0.3 is 0 Å². The topological polar surface area (TPSA) is 80.3 Å². The second kappa shape index (κ2) is 9.70. The van der Waals surface area contributed by atoms with E-state index in [0.29, 0.717) is 12.3 Å². The van der Waals surface area contributed by atoms with E-state index in [1.807, 2.05) is 0 Å². The lowest BCUT2D eigenvalue weighted by molar-refractivity contribution is 0.397. The number of nitrogens with one attached hydrogen (secondary N) is 2. The summed E-state index contributed by atoms with van der Waals surface area (Å²) in [6.45, 7) is 4.21. The summed E-state index contributed by atoms with van der Waals surface area (Å²) in [7, 11) is -1.70. The van der Waals surface area contributed by atoms with Gasteiger partial charge in [-0.15, -0.1) is 0 Å². The summed E-state index contributed by atoms with van der Waals surface area (Å²) in [5.41, 5.74) is 0.829. The molecule has 0 aliphatic heterocycles. The van der Waals surface area contributed by atoms with Crippen LogP contribution in [0.15, 0.2) is 18.3 Å². The summed E-state index contributed by atoms with van der Waals surface area (Å²) in [5.74, 6) is 0.636. The number of methoxy groups -OCH3 is 1. The normalized spacial score (nSPS) is 11.5. The largest absolute Gasteiger partial charge is 0.481 e. The number of rotatable bonds is 11. The quantitative estimate of drug-likeness (QED) is 0.602. The van der Waals surface area contributed by atoms with Gasteiger partial charge in [-0.05, 0) is 44.0 Å². The number of unbranched alkanes of at least 4 members (excludes halogenated alkanes) is 1. The van der Waals surface area contributed by atoms with Crippen molar-refractivity contribution in [3.05, 3.63) is 23.9 Å². The molecular formula is C14H25N3O3S. The molecule has 0 radical (unpaired) electrons. The summed E-state index contributed by atoms with van der Waals surface area (Å²) in [5, 5.41) is 3.26. The van der Waals surface area contributed by atoms with Crippen LogP contribution in [0.3, 0.4) is 0 Å². The van der Waals surface area contributed by atoms with Crippen LogP contribution in [0, 0.1) is 0 Å². The first-order valence-corrected chi connectivity index (χ1v) is 8.89. The van der Waals surface area contributed by atoms with Gasteiger partial charge in [0.05, 0.1) is 12.9 Å². The van der Waals surface area contributed by atoms with Crippen LogP contribution in [-0.2, 0) is 16.6 Å². The van der Waals surface area contributed by atoms with Crippen molar-refractivity contribution in [2.75, 3.05) is 26.0 Å². The van der Waals surface area contributed by atoms with Gasteiger partial charge in [0.15, 0.2) is 0 Å². The molecule has 0 fully saturated rings. The highest BCUT2D eigenvalue weighted by Gasteiger charge is 2.09. The second-order valence-corrected chi connectivity index (χ2v) is 6.73. The molecule has 1 heterocycles. The molecule has 1 aromatic rings. The summed E-state index contributed by atoms with van der Waals surface area (Å²) in [6, 6.07) is 3.48. The summed E-state index contributed by atoms with van der Waals surface area (Å²) < 4.78 is 31.3. The van der Waals surface area contributed by atoms with E-state index < -0.39 is 10.0 Å². The Bertz CT molecular complexity index is 506. The Morgan fingerprint density at radius 2 is 2.10 bits per heavy atom. The second-order valence-electron chi connectivity index (χ2n) is 4.80. The summed E-state index contributed by atoms with van der Waals surface area (Å²) >= 11 is 0. The predicted molar refractivity (Wildman–Crippen MR) is 83.8 cm³/mol. The van der Waals surface area contributed by atoms with E-state index in [1.54, 1.807) is 18.3 Å². The first-order valence-electron chi connectivity index (χ1n) is 7.24. The zero-order chi connectivity index (χ0) is 15.6. The van der Waals surface area contributed by atoms with Crippen molar-refractivity contribution in [1.29, 1.82) is 0 Å². The molecule has 1 aromatic heterocycles. The number of nitrogens with zero attached hydrogens (tertiary/aromatic N) is 1. The standard InChI is InChI=1S/C14H25N3O3S/c1-3-7-15-8-4-5-10-21(18,19)17-12-13-6-9-16-14(11-13)20-2/h6,9,11,15,17H,3-5,7-8,10,12H2,1-2H3. The lowest BCUT2D eigenvalue weighted by Crippen LogP contribution is -2.26. The maximum absolute atomic E-state index is 11.9. The molecule has 0 amide bonds. The molecule has 0 aliphatic rings. The van der Waals surface area contributed by atoms with Crippen LogP contribution in [0.2, 0.25) is 0 Å². The molecule has 120 valence electrons. The van der Waals surface area contributed by atoms with Crippen LogP contribution < -0.4 is 14.8 Å². The van der Waals surface area contributed by atoms with Crippen LogP contribution in [0.4, 0.5) is 0 Å². The molecule has 1 rings (SSSR count). The Morgan fingerprint density at radius 3 is 2.81 bits per heavy atom. The molecule has 0 aliphatic carbocycles. The fraction of sp³-hybridized carbons (Fsp3) is 0.643. The zero-order valence-corrected chi connectivity index (χ0v) is 13.6. The summed E-state index contributed by atoms with van der Waals surface area (Å²) in [4.78, 5) is 3.98. The third kappa shape index (κ3) is 7.99. The van der Waals surface area contributed by atoms with Gasteiger partial charge in [0.2, 0.25) is 15.9 Å². The maximum Gasteiger partial charge on any atom is 0.213 e. The van der Waals surface area contributed by atoms with Crippen LogP contribution >= 0.6 is 0 Å². The minimum absolute atomic E-state index is 0.156. The Labute approximate surface area is 127 Å². The SMILES string of the molecule is CCCNCCCCS(=O)(=O)NCc1ccnc(OC)c1. The Hall–Kier alpha value is -1.18. The number of hydrogen-bond donors (Lipinski definition) is 2.